The summed E-state index contributed by atoms with van der Waals surface area (Å²) in [7, 11) is 0. The Hall–Kier alpha value is -1.71. The van der Waals surface area contributed by atoms with Crippen molar-refractivity contribution in [2.45, 2.75) is 20.8 Å². The van der Waals surface area contributed by atoms with Crippen LogP contribution >= 0.6 is 0 Å². The van der Waals surface area contributed by atoms with Crippen molar-refractivity contribution in [1.29, 1.82) is 0 Å². The molecule has 0 aromatic carbocycles. The summed E-state index contributed by atoms with van der Waals surface area (Å²) in [4.78, 5) is 23.5. The van der Waals surface area contributed by atoms with E-state index in [4.69, 9.17) is 0 Å². The first-order valence-electron chi connectivity index (χ1n) is 4.08. The number of hydrogen-bond acceptors (Lipinski definition) is 4. The Morgan fingerprint density at radius 1 is 1.14 bits per heavy atom. The van der Waals surface area contributed by atoms with Crippen molar-refractivity contribution >= 4 is 11.9 Å². The number of aromatic nitrogens is 1. The summed E-state index contributed by atoms with van der Waals surface area (Å²) >= 11 is 0. The fourth-order valence-corrected chi connectivity index (χ4v) is 0.629. The molecule has 0 aliphatic rings. The van der Waals surface area contributed by atoms with Crippen molar-refractivity contribution in [3.05, 3.63) is 30.1 Å². The average Bonchev–Trinajstić information content (AvgIpc) is 2.03. The molecule has 1 aromatic rings. The van der Waals surface area contributed by atoms with Gasteiger partial charge in [-0.1, -0.05) is 0 Å². The topological polar surface area (TPSA) is 56.3 Å². The fraction of sp³-hybridized carbons (Fsp3) is 0.300. The highest BCUT2D eigenvalue weighted by atomic mass is 16.6. The van der Waals surface area contributed by atoms with Crippen LogP contribution < -0.4 is 0 Å². The maximum absolute atomic E-state index is 9.81. The van der Waals surface area contributed by atoms with Crippen LogP contribution in [0.15, 0.2) is 24.5 Å². The second kappa shape index (κ2) is 6.77. The molecular formula is C10H13NO3. The Kier molecular flexibility index (Phi) is 5.94. The summed E-state index contributed by atoms with van der Waals surface area (Å²) in [6.07, 6.45) is 3.57. The first-order chi connectivity index (χ1) is 6.52. The highest BCUT2D eigenvalue weighted by Gasteiger charge is 1.93. The zero-order valence-electron chi connectivity index (χ0n) is 8.48. The molecule has 0 aliphatic carbocycles. The standard InChI is InChI=1S/C6H7N.C4H6O3/c1-6-2-4-7-5-3-6;1-3(5)7-4(2)6/h2-5H,1H3;1-2H3. The van der Waals surface area contributed by atoms with Crippen molar-refractivity contribution < 1.29 is 14.3 Å². The minimum atomic E-state index is -0.562. The van der Waals surface area contributed by atoms with E-state index in [2.05, 4.69) is 9.72 Å². The summed E-state index contributed by atoms with van der Waals surface area (Å²) < 4.78 is 3.97. The molecule has 0 spiro atoms. The van der Waals surface area contributed by atoms with E-state index in [0.717, 1.165) is 0 Å². The molecule has 76 valence electrons. The molecule has 4 nitrogen and oxygen atoms in total. The van der Waals surface area contributed by atoms with Crippen LogP contribution in [0.2, 0.25) is 0 Å². The number of ether oxygens (including phenoxy) is 1. The van der Waals surface area contributed by atoms with E-state index < -0.39 is 11.9 Å². The van der Waals surface area contributed by atoms with Crippen LogP contribution in [-0.2, 0) is 14.3 Å². The summed E-state index contributed by atoms with van der Waals surface area (Å²) in [5, 5.41) is 0. The Labute approximate surface area is 82.9 Å². The van der Waals surface area contributed by atoms with Gasteiger partial charge in [0.25, 0.3) is 0 Å². The first kappa shape index (κ1) is 12.3. The molecule has 0 N–H and O–H groups in total. The van der Waals surface area contributed by atoms with Crippen molar-refractivity contribution in [3.8, 4) is 0 Å². The van der Waals surface area contributed by atoms with Crippen molar-refractivity contribution in [1.82, 2.24) is 4.98 Å². The third kappa shape index (κ3) is 8.39. The van der Waals surface area contributed by atoms with Crippen LogP contribution in [0.3, 0.4) is 0 Å². The second-order valence-electron chi connectivity index (χ2n) is 2.61. The molecule has 0 unspecified atom stereocenters. The number of carbonyl (C=O) groups excluding carboxylic acids is 2. The molecule has 0 radical (unpaired) electrons. The highest BCUT2D eigenvalue weighted by molar-refractivity contribution is 5.82. The monoisotopic (exact) mass is 195 g/mol. The fourth-order valence-electron chi connectivity index (χ4n) is 0.629. The number of rotatable bonds is 0. The quantitative estimate of drug-likeness (QED) is 0.465. The number of carbonyl (C=O) groups is 2. The lowest BCUT2D eigenvalue weighted by atomic mass is 10.3. The van der Waals surface area contributed by atoms with Gasteiger partial charge in [0.15, 0.2) is 0 Å². The summed E-state index contributed by atoms with van der Waals surface area (Å²) in [5.74, 6) is -1.12. The molecule has 14 heavy (non-hydrogen) atoms. The van der Waals surface area contributed by atoms with Gasteiger partial charge in [-0.25, -0.2) is 0 Å². The zero-order chi connectivity index (χ0) is 11.0. The SMILES string of the molecule is CC(=O)OC(C)=O.Cc1ccncc1. The summed E-state index contributed by atoms with van der Waals surface area (Å²) in [6.45, 7) is 4.41. The second-order valence-corrected chi connectivity index (χ2v) is 2.61. The van der Waals surface area contributed by atoms with Gasteiger partial charge in [0, 0.05) is 26.2 Å². The minimum Gasteiger partial charge on any atom is -0.394 e. The Balaban J connectivity index is 0.000000241. The zero-order valence-corrected chi connectivity index (χ0v) is 8.48. The molecule has 1 heterocycles. The Bertz CT molecular complexity index is 283. The van der Waals surface area contributed by atoms with Crippen LogP contribution in [0, 0.1) is 6.92 Å². The number of esters is 2. The Morgan fingerprint density at radius 3 is 1.71 bits per heavy atom. The number of hydrogen-bond donors (Lipinski definition) is 0. The van der Waals surface area contributed by atoms with Crippen LogP contribution in [0.4, 0.5) is 0 Å². The molecule has 1 aromatic heterocycles. The van der Waals surface area contributed by atoms with Gasteiger partial charge in [-0.3, -0.25) is 14.6 Å². The molecule has 0 atom stereocenters. The van der Waals surface area contributed by atoms with Gasteiger partial charge in [-0.05, 0) is 24.6 Å². The number of pyridine rings is 1. The Morgan fingerprint density at radius 2 is 1.57 bits per heavy atom. The third-order valence-electron chi connectivity index (χ3n) is 1.13. The predicted octanol–water partition coefficient (Wildman–Crippen LogP) is 1.49. The first-order valence-corrected chi connectivity index (χ1v) is 4.08. The van der Waals surface area contributed by atoms with E-state index in [1.807, 2.05) is 19.1 Å². The van der Waals surface area contributed by atoms with E-state index >= 15 is 0 Å². The molecule has 0 fully saturated rings. The van der Waals surface area contributed by atoms with E-state index in [9.17, 15) is 9.59 Å². The summed E-state index contributed by atoms with van der Waals surface area (Å²) in [6, 6.07) is 3.94. The van der Waals surface area contributed by atoms with Crippen LogP contribution in [0.25, 0.3) is 0 Å². The maximum atomic E-state index is 9.81. The number of aryl methyl sites for hydroxylation is 1. The van der Waals surface area contributed by atoms with E-state index in [-0.39, 0.29) is 0 Å². The molecule has 0 saturated heterocycles. The molecule has 0 amide bonds. The molecule has 4 heteroatoms. The van der Waals surface area contributed by atoms with Gasteiger partial charge in [0.1, 0.15) is 0 Å². The van der Waals surface area contributed by atoms with E-state index in [1.165, 1.54) is 19.4 Å². The van der Waals surface area contributed by atoms with Crippen LogP contribution in [-0.4, -0.2) is 16.9 Å². The van der Waals surface area contributed by atoms with Gasteiger partial charge >= 0.3 is 11.9 Å². The van der Waals surface area contributed by atoms with Crippen LogP contribution in [0.5, 0.6) is 0 Å². The van der Waals surface area contributed by atoms with Crippen molar-refractivity contribution in [3.63, 3.8) is 0 Å². The minimum absolute atomic E-state index is 0.562. The molecule has 0 bridgehead atoms. The molecule has 0 aliphatic heterocycles. The third-order valence-corrected chi connectivity index (χ3v) is 1.13. The van der Waals surface area contributed by atoms with Gasteiger partial charge in [-0.2, -0.15) is 0 Å². The molecule has 0 saturated carbocycles. The van der Waals surface area contributed by atoms with Crippen LogP contribution in [0.1, 0.15) is 19.4 Å². The van der Waals surface area contributed by atoms with Gasteiger partial charge < -0.3 is 4.74 Å². The van der Waals surface area contributed by atoms with Gasteiger partial charge in [0.05, 0.1) is 0 Å². The van der Waals surface area contributed by atoms with E-state index in [0.29, 0.717) is 0 Å². The lowest BCUT2D eigenvalue weighted by Crippen LogP contribution is -2.03. The van der Waals surface area contributed by atoms with Gasteiger partial charge in [0.2, 0.25) is 0 Å². The maximum Gasteiger partial charge on any atom is 0.310 e. The molecule has 1 rings (SSSR count). The smallest absolute Gasteiger partial charge is 0.310 e. The molecular weight excluding hydrogens is 182 g/mol. The number of nitrogens with zero attached hydrogens (tertiary/aromatic N) is 1. The van der Waals surface area contributed by atoms with Gasteiger partial charge in [-0.15, -0.1) is 0 Å². The van der Waals surface area contributed by atoms with Crippen molar-refractivity contribution in [2.24, 2.45) is 0 Å². The van der Waals surface area contributed by atoms with Crippen molar-refractivity contribution in [2.75, 3.05) is 0 Å². The van der Waals surface area contributed by atoms with E-state index in [1.54, 1.807) is 12.4 Å². The lowest BCUT2D eigenvalue weighted by molar-refractivity contribution is -0.156. The average molecular weight is 195 g/mol. The largest absolute Gasteiger partial charge is 0.394 e. The highest BCUT2D eigenvalue weighted by Crippen LogP contribution is 1.88. The predicted molar refractivity (Wildman–Crippen MR) is 51.4 cm³/mol. The lowest BCUT2D eigenvalue weighted by Gasteiger charge is -1.87. The summed E-state index contributed by atoms with van der Waals surface area (Å²) in [5.41, 5.74) is 1.26. The normalized spacial score (nSPS) is 8.21.